The van der Waals surface area contributed by atoms with Crippen LogP contribution < -0.4 is 15.8 Å². The van der Waals surface area contributed by atoms with Crippen molar-refractivity contribution in [3.05, 3.63) is 64.2 Å². The van der Waals surface area contributed by atoms with Crippen molar-refractivity contribution in [3.8, 4) is 5.75 Å². The Kier molecular flexibility index (Phi) is 7.66. The van der Waals surface area contributed by atoms with Crippen molar-refractivity contribution in [2.75, 3.05) is 19.8 Å². The summed E-state index contributed by atoms with van der Waals surface area (Å²) < 4.78 is 17.5. The quantitative estimate of drug-likeness (QED) is 0.334. The van der Waals surface area contributed by atoms with Gasteiger partial charge in [-0.1, -0.05) is 35.9 Å². The van der Waals surface area contributed by atoms with E-state index in [0.717, 1.165) is 5.56 Å². The molecule has 1 aliphatic rings. The van der Waals surface area contributed by atoms with E-state index in [4.69, 9.17) is 27.5 Å². The number of aliphatic hydroxyl groups excluding tert-OH is 1. The number of aliphatic hydroxyl groups is 1. The van der Waals surface area contributed by atoms with Crippen LogP contribution in [0.1, 0.15) is 29.2 Å². The maximum absolute atomic E-state index is 12.8. The fourth-order valence-corrected chi connectivity index (χ4v) is 3.55. The third kappa shape index (κ3) is 5.54. The van der Waals surface area contributed by atoms with Crippen molar-refractivity contribution in [3.63, 3.8) is 0 Å². The molecule has 1 saturated heterocycles. The first-order valence-electron chi connectivity index (χ1n) is 9.99. The number of hydrogen-bond acceptors (Lipinski definition) is 5. The number of nitrogens with one attached hydrogen (secondary N) is 2. The summed E-state index contributed by atoms with van der Waals surface area (Å²) in [6.45, 7) is -0.265. The van der Waals surface area contributed by atoms with Crippen LogP contribution in [0.3, 0.4) is 0 Å². The molecule has 1 fully saturated rings. The summed E-state index contributed by atoms with van der Waals surface area (Å²) in [5, 5.41) is 20.9. The fraction of sp³-hybridized carbons (Fsp3) is 0.318. The number of carbonyl (C=O) groups is 2. The molecule has 2 aromatic carbocycles. The highest BCUT2D eigenvalue weighted by atomic mass is 35.5. The highest BCUT2D eigenvalue weighted by molar-refractivity contribution is 6.30. The number of ether oxygens (including phenoxy) is 1. The van der Waals surface area contributed by atoms with Crippen molar-refractivity contribution in [2.24, 2.45) is 5.73 Å². The lowest BCUT2D eigenvalue weighted by Gasteiger charge is -2.40. The first-order valence-corrected chi connectivity index (χ1v) is 10.4. The third-order valence-electron chi connectivity index (χ3n) is 5.13. The summed E-state index contributed by atoms with van der Waals surface area (Å²) in [6, 6.07) is 10.5. The molecule has 0 spiro atoms. The predicted octanol–water partition coefficient (Wildman–Crippen LogP) is 1.92. The summed E-state index contributed by atoms with van der Waals surface area (Å²) in [5.74, 6) is -0.749. The van der Waals surface area contributed by atoms with Crippen LogP contribution in [0.15, 0.2) is 42.5 Å². The van der Waals surface area contributed by atoms with Gasteiger partial charge in [0.05, 0.1) is 0 Å². The smallest absolute Gasteiger partial charge is 0.256 e. The number of nitrogen functional groups attached to an aromatic ring is 1. The number of nitrogens with zero attached hydrogens (tertiary/aromatic N) is 1. The van der Waals surface area contributed by atoms with E-state index in [-0.39, 0.29) is 41.2 Å². The van der Waals surface area contributed by atoms with Gasteiger partial charge in [-0.05, 0) is 35.7 Å². The molecule has 0 saturated carbocycles. The van der Waals surface area contributed by atoms with Gasteiger partial charge < -0.3 is 25.8 Å². The Balaban J connectivity index is 1.60. The standard InChI is InChI=1S/C22H24ClFN4O4/c23-16-9-15(10-17(11-16)32-8-6-24)19(29)22(31)28-7-5-18(28)21(30)27-12-13-1-3-14(4-2-13)20(25)26/h1-4,9-11,18-19,29H,5-8,12H2,(H3,25,26)(H,27,30). The SMILES string of the molecule is N=C(N)c1ccc(CNC(=O)C2CCN2C(=O)C(O)c2cc(Cl)cc(OCCF)c2)cc1. The lowest BCUT2D eigenvalue weighted by atomic mass is 9.98. The number of alkyl halides is 1. The van der Waals surface area contributed by atoms with Gasteiger partial charge in [-0.25, -0.2) is 4.39 Å². The minimum atomic E-state index is -1.53. The Bertz CT molecular complexity index is 1000. The Morgan fingerprint density at radius 2 is 2.03 bits per heavy atom. The van der Waals surface area contributed by atoms with Gasteiger partial charge in [0, 0.05) is 23.7 Å². The van der Waals surface area contributed by atoms with Gasteiger partial charge in [0.1, 0.15) is 30.9 Å². The van der Waals surface area contributed by atoms with Crippen LogP contribution in [0.25, 0.3) is 0 Å². The second kappa shape index (κ2) is 10.4. The van der Waals surface area contributed by atoms with Gasteiger partial charge in [0.25, 0.3) is 5.91 Å². The molecule has 10 heteroatoms. The van der Waals surface area contributed by atoms with E-state index in [1.165, 1.54) is 23.1 Å². The van der Waals surface area contributed by atoms with Crippen molar-refractivity contribution in [1.82, 2.24) is 10.2 Å². The molecule has 3 rings (SSSR count). The van der Waals surface area contributed by atoms with Gasteiger partial charge in [0.15, 0.2) is 6.10 Å². The zero-order valence-corrected chi connectivity index (χ0v) is 17.9. The highest BCUT2D eigenvalue weighted by Gasteiger charge is 2.40. The van der Waals surface area contributed by atoms with Crippen LogP contribution >= 0.6 is 11.6 Å². The van der Waals surface area contributed by atoms with Crippen LogP contribution in [-0.2, 0) is 16.1 Å². The third-order valence-corrected chi connectivity index (χ3v) is 5.34. The Labute approximate surface area is 189 Å². The van der Waals surface area contributed by atoms with Crippen molar-refractivity contribution in [1.29, 1.82) is 5.41 Å². The molecule has 0 bridgehead atoms. The van der Waals surface area contributed by atoms with Crippen molar-refractivity contribution >= 4 is 29.3 Å². The molecule has 2 unspecified atom stereocenters. The van der Waals surface area contributed by atoms with Crippen LogP contribution in [-0.4, -0.2) is 53.5 Å². The molecular weight excluding hydrogens is 439 g/mol. The summed E-state index contributed by atoms with van der Waals surface area (Å²) in [6.07, 6.45) is -1.05. The number of halogens is 2. The van der Waals surface area contributed by atoms with Crippen LogP contribution in [0.4, 0.5) is 4.39 Å². The minimum Gasteiger partial charge on any atom is -0.491 e. The van der Waals surface area contributed by atoms with E-state index in [2.05, 4.69) is 5.32 Å². The average Bonchev–Trinajstić information content (AvgIpc) is 2.74. The Morgan fingerprint density at radius 1 is 1.31 bits per heavy atom. The zero-order chi connectivity index (χ0) is 23.3. The predicted molar refractivity (Wildman–Crippen MR) is 117 cm³/mol. The van der Waals surface area contributed by atoms with Gasteiger partial charge in [0.2, 0.25) is 5.91 Å². The summed E-state index contributed by atoms with van der Waals surface area (Å²) in [4.78, 5) is 26.6. The number of benzene rings is 2. The molecular formula is C22H24ClFN4O4. The number of rotatable bonds is 9. The topological polar surface area (TPSA) is 129 Å². The lowest BCUT2D eigenvalue weighted by molar-refractivity contribution is -0.154. The second-order valence-corrected chi connectivity index (χ2v) is 7.76. The maximum Gasteiger partial charge on any atom is 0.256 e. The molecule has 0 aliphatic carbocycles. The minimum absolute atomic E-state index is 0.0384. The van der Waals surface area contributed by atoms with Gasteiger partial charge >= 0.3 is 0 Å². The molecule has 1 heterocycles. The number of likely N-dealkylation sites (tertiary alicyclic amines) is 1. The summed E-state index contributed by atoms with van der Waals surface area (Å²) in [5.41, 5.74) is 7.03. The largest absolute Gasteiger partial charge is 0.491 e. The number of carbonyl (C=O) groups excluding carboxylic acids is 2. The van der Waals surface area contributed by atoms with E-state index in [1.807, 2.05) is 0 Å². The summed E-state index contributed by atoms with van der Waals surface area (Å²) in [7, 11) is 0. The van der Waals surface area contributed by atoms with E-state index in [9.17, 15) is 19.1 Å². The molecule has 2 amide bonds. The zero-order valence-electron chi connectivity index (χ0n) is 17.2. The molecule has 1 aliphatic heterocycles. The summed E-state index contributed by atoms with van der Waals surface area (Å²) >= 11 is 6.02. The first-order chi connectivity index (χ1) is 15.3. The first kappa shape index (κ1) is 23.5. The van der Waals surface area contributed by atoms with Gasteiger partial charge in [-0.2, -0.15) is 0 Å². The molecule has 170 valence electrons. The average molecular weight is 463 g/mol. The van der Waals surface area contributed by atoms with E-state index >= 15 is 0 Å². The fourth-order valence-electron chi connectivity index (χ4n) is 3.31. The van der Waals surface area contributed by atoms with Crippen molar-refractivity contribution in [2.45, 2.75) is 25.1 Å². The van der Waals surface area contributed by atoms with E-state index < -0.39 is 24.7 Å². The van der Waals surface area contributed by atoms with Crippen LogP contribution in [0.2, 0.25) is 5.02 Å². The number of hydrogen-bond donors (Lipinski definition) is 4. The molecule has 0 aromatic heterocycles. The molecule has 32 heavy (non-hydrogen) atoms. The highest BCUT2D eigenvalue weighted by Crippen LogP contribution is 2.29. The maximum atomic E-state index is 12.8. The molecule has 0 radical (unpaired) electrons. The van der Waals surface area contributed by atoms with E-state index in [1.54, 1.807) is 24.3 Å². The number of amidine groups is 1. The number of amides is 2. The normalized spacial score (nSPS) is 16.1. The lowest BCUT2D eigenvalue weighted by Crippen LogP contribution is -2.59. The van der Waals surface area contributed by atoms with Crippen LogP contribution in [0, 0.1) is 5.41 Å². The van der Waals surface area contributed by atoms with Gasteiger partial charge in [-0.3, -0.25) is 15.0 Å². The number of nitrogens with two attached hydrogens (primary N) is 1. The molecule has 8 nitrogen and oxygen atoms in total. The molecule has 2 atom stereocenters. The van der Waals surface area contributed by atoms with Crippen LogP contribution in [0.5, 0.6) is 5.75 Å². The Hall–Kier alpha value is -3.17. The van der Waals surface area contributed by atoms with Crippen molar-refractivity contribution < 1.29 is 23.8 Å². The molecule has 5 N–H and O–H groups in total. The van der Waals surface area contributed by atoms with E-state index in [0.29, 0.717) is 18.5 Å². The monoisotopic (exact) mass is 462 g/mol. The molecule has 2 aromatic rings. The second-order valence-electron chi connectivity index (χ2n) is 7.32. The Morgan fingerprint density at radius 3 is 2.62 bits per heavy atom. The van der Waals surface area contributed by atoms with Gasteiger partial charge in [-0.15, -0.1) is 0 Å².